The summed E-state index contributed by atoms with van der Waals surface area (Å²) in [5.41, 5.74) is 1.72. The topological polar surface area (TPSA) is 24.1 Å². The van der Waals surface area contributed by atoms with Crippen LogP contribution in [0.2, 0.25) is 0 Å². The van der Waals surface area contributed by atoms with Gasteiger partial charge in [0.1, 0.15) is 0 Å². The van der Waals surface area contributed by atoms with E-state index in [0.29, 0.717) is 5.41 Å². The predicted octanol–water partition coefficient (Wildman–Crippen LogP) is 2.19. The van der Waals surface area contributed by atoms with Gasteiger partial charge in [-0.25, -0.2) is 0 Å². The van der Waals surface area contributed by atoms with E-state index in [2.05, 4.69) is 57.8 Å². The van der Waals surface area contributed by atoms with Crippen LogP contribution in [0.5, 0.6) is 0 Å². The number of halogens is 1. The first kappa shape index (κ1) is 12.1. The van der Waals surface area contributed by atoms with E-state index in [1.54, 1.807) is 0 Å². The van der Waals surface area contributed by atoms with E-state index in [-0.39, 0.29) is 0 Å². The third kappa shape index (κ3) is 3.30. The molecule has 0 aliphatic carbocycles. The first-order chi connectivity index (χ1) is 7.68. The molecule has 0 bridgehead atoms. The molecule has 88 valence electrons. The predicted molar refractivity (Wildman–Crippen MR) is 71.7 cm³/mol. The van der Waals surface area contributed by atoms with Crippen molar-refractivity contribution in [2.24, 2.45) is 5.41 Å². The largest absolute Gasteiger partial charge is 0.315 e. The van der Waals surface area contributed by atoms with Crippen LogP contribution < -0.4 is 10.6 Å². The molecule has 0 aromatic heterocycles. The number of hydrogen-bond donors (Lipinski definition) is 2. The molecule has 0 saturated carbocycles. The summed E-state index contributed by atoms with van der Waals surface area (Å²) in [7, 11) is 0. The van der Waals surface area contributed by atoms with E-state index in [1.807, 2.05) is 0 Å². The minimum Gasteiger partial charge on any atom is -0.315 e. The molecule has 1 aromatic rings. The highest BCUT2D eigenvalue weighted by atomic mass is 79.9. The Morgan fingerprint density at radius 3 is 2.56 bits per heavy atom. The van der Waals surface area contributed by atoms with Crippen molar-refractivity contribution in [3.8, 4) is 0 Å². The van der Waals surface area contributed by atoms with E-state index in [9.17, 15) is 0 Å². The maximum Gasteiger partial charge on any atom is 0.0177 e. The van der Waals surface area contributed by atoms with E-state index in [1.165, 1.54) is 10.0 Å². The van der Waals surface area contributed by atoms with Crippen molar-refractivity contribution in [3.05, 3.63) is 34.3 Å². The van der Waals surface area contributed by atoms with Crippen molar-refractivity contribution < 1.29 is 0 Å². The van der Waals surface area contributed by atoms with Crippen LogP contribution in [-0.4, -0.2) is 26.2 Å². The standard InChI is InChI=1S/C13H19BrN2/c1-13(9-15-5-6-16-10-13)8-11-3-2-4-12(14)7-11/h2-4,7,15-16H,5-6,8-10H2,1H3. The monoisotopic (exact) mass is 282 g/mol. The van der Waals surface area contributed by atoms with Crippen molar-refractivity contribution >= 4 is 15.9 Å². The zero-order chi connectivity index (χ0) is 11.4. The molecule has 0 spiro atoms. The van der Waals surface area contributed by atoms with E-state index in [0.717, 1.165) is 32.6 Å². The lowest BCUT2D eigenvalue weighted by Crippen LogP contribution is -2.37. The van der Waals surface area contributed by atoms with Gasteiger partial charge in [0, 0.05) is 30.7 Å². The van der Waals surface area contributed by atoms with Crippen LogP contribution in [-0.2, 0) is 6.42 Å². The van der Waals surface area contributed by atoms with Gasteiger partial charge in [-0.1, -0.05) is 35.0 Å². The highest BCUT2D eigenvalue weighted by Crippen LogP contribution is 2.23. The van der Waals surface area contributed by atoms with Gasteiger partial charge in [0.05, 0.1) is 0 Å². The van der Waals surface area contributed by atoms with E-state index < -0.39 is 0 Å². The SMILES string of the molecule is CC1(Cc2cccc(Br)c2)CNCCNC1. The molecule has 2 N–H and O–H groups in total. The van der Waals surface area contributed by atoms with Crippen molar-refractivity contribution in [3.63, 3.8) is 0 Å². The summed E-state index contributed by atoms with van der Waals surface area (Å²) in [6.07, 6.45) is 1.12. The second kappa shape index (κ2) is 5.30. The fourth-order valence-corrected chi connectivity index (χ4v) is 2.73. The van der Waals surface area contributed by atoms with Gasteiger partial charge >= 0.3 is 0 Å². The Morgan fingerprint density at radius 1 is 1.25 bits per heavy atom. The second-order valence-electron chi connectivity index (χ2n) is 4.97. The quantitative estimate of drug-likeness (QED) is 0.869. The van der Waals surface area contributed by atoms with E-state index in [4.69, 9.17) is 0 Å². The molecule has 0 atom stereocenters. The van der Waals surface area contributed by atoms with Crippen molar-refractivity contribution in [1.29, 1.82) is 0 Å². The Morgan fingerprint density at radius 2 is 1.94 bits per heavy atom. The van der Waals surface area contributed by atoms with Gasteiger partial charge in [-0.05, 0) is 29.5 Å². The van der Waals surface area contributed by atoms with Gasteiger partial charge in [0.25, 0.3) is 0 Å². The Bertz CT molecular complexity index is 344. The minimum atomic E-state index is 0.317. The molecule has 16 heavy (non-hydrogen) atoms. The molecule has 2 nitrogen and oxygen atoms in total. The third-order valence-electron chi connectivity index (χ3n) is 3.10. The van der Waals surface area contributed by atoms with Crippen LogP contribution in [0.1, 0.15) is 12.5 Å². The average molecular weight is 283 g/mol. The molecular weight excluding hydrogens is 264 g/mol. The molecule has 1 aliphatic rings. The molecule has 2 rings (SSSR count). The van der Waals surface area contributed by atoms with Gasteiger partial charge in [0.2, 0.25) is 0 Å². The Kier molecular flexibility index (Phi) is 4.00. The summed E-state index contributed by atoms with van der Waals surface area (Å²) >= 11 is 3.53. The molecular formula is C13H19BrN2. The van der Waals surface area contributed by atoms with Crippen LogP contribution in [0, 0.1) is 5.41 Å². The average Bonchev–Trinajstić information content (AvgIpc) is 2.43. The normalized spacial score (nSPS) is 20.4. The van der Waals surface area contributed by atoms with Gasteiger partial charge in [0.15, 0.2) is 0 Å². The van der Waals surface area contributed by atoms with Crippen LogP contribution in [0.4, 0.5) is 0 Å². The maximum absolute atomic E-state index is 3.53. The molecule has 1 heterocycles. The minimum absolute atomic E-state index is 0.317. The lowest BCUT2D eigenvalue weighted by molar-refractivity contribution is 0.314. The van der Waals surface area contributed by atoms with Crippen LogP contribution >= 0.6 is 15.9 Å². The maximum atomic E-state index is 3.53. The molecule has 0 amide bonds. The summed E-state index contributed by atoms with van der Waals surface area (Å²) < 4.78 is 1.17. The van der Waals surface area contributed by atoms with E-state index >= 15 is 0 Å². The smallest absolute Gasteiger partial charge is 0.0177 e. The molecule has 1 saturated heterocycles. The second-order valence-corrected chi connectivity index (χ2v) is 5.89. The summed E-state index contributed by atoms with van der Waals surface area (Å²) in [6.45, 7) is 6.68. The Balaban J connectivity index is 2.06. The summed E-state index contributed by atoms with van der Waals surface area (Å²) in [5, 5.41) is 7.00. The van der Waals surface area contributed by atoms with Gasteiger partial charge in [-0.3, -0.25) is 0 Å². The van der Waals surface area contributed by atoms with Crippen molar-refractivity contribution in [1.82, 2.24) is 10.6 Å². The molecule has 3 heteroatoms. The zero-order valence-electron chi connectivity index (χ0n) is 9.72. The summed E-state index contributed by atoms with van der Waals surface area (Å²) in [6, 6.07) is 8.62. The molecule has 1 aromatic carbocycles. The number of nitrogens with one attached hydrogen (secondary N) is 2. The first-order valence-corrected chi connectivity index (χ1v) is 6.63. The van der Waals surface area contributed by atoms with Gasteiger partial charge in [-0.15, -0.1) is 0 Å². The van der Waals surface area contributed by atoms with Crippen LogP contribution in [0.15, 0.2) is 28.7 Å². The molecule has 1 aliphatic heterocycles. The number of rotatable bonds is 2. The Hall–Kier alpha value is -0.380. The lowest BCUT2D eigenvalue weighted by atomic mass is 9.83. The van der Waals surface area contributed by atoms with Crippen LogP contribution in [0.25, 0.3) is 0 Å². The van der Waals surface area contributed by atoms with Gasteiger partial charge < -0.3 is 10.6 Å². The van der Waals surface area contributed by atoms with Gasteiger partial charge in [-0.2, -0.15) is 0 Å². The fourth-order valence-electron chi connectivity index (χ4n) is 2.28. The summed E-state index contributed by atoms with van der Waals surface area (Å²) in [4.78, 5) is 0. The number of benzene rings is 1. The van der Waals surface area contributed by atoms with Crippen LogP contribution in [0.3, 0.4) is 0 Å². The third-order valence-corrected chi connectivity index (χ3v) is 3.60. The molecule has 0 unspecified atom stereocenters. The molecule has 0 radical (unpaired) electrons. The Labute approximate surface area is 106 Å². The zero-order valence-corrected chi connectivity index (χ0v) is 11.3. The lowest BCUT2D eigenvalue weighted by Gasteiger charge is -2.28. The number of hydrogen-bond acceptors (Lipinski definition) is 2. The highest BCUT2D eigenvalue weighted by molar-refractivity contribution is 9.10. The molecule has 1 fully saturated rings. The van der Waals surface area contributed by atoms with Crippen molar-refractivity contribution in [2.45, 2.75) is 13.3 Å². The fraction of sp³-hybridized carbons (Fsp3) is 0.538. The highest BCUT2D eigenvalue weighted by Gasteiger charge is 2.25. The van der Waals surface area contributed by atoms with Crippen molar-refractivity contribution in [2.75, 3.05) is 26.2 Å². The summed E-state index contributed by atoms with van der Waals surface area (Å²) in [5.74, 6) is 0. The first-order valence-electron chi connectivity index (χ1n) is 5.84.